The Balaban J connectivity index is 1.55. The summed E-state index contributed by atoms with van der Waals surface area (Å²) in [5, 5.41) is 11.5. The molecule has 0 atom stereocenters. The fourth-order valence-corrected chi connectivity index (χ4v) is 3.52. The van der Waals surface area contributed by atoms with Gasteiger partial charge in [0.2, 0.25) is 0 Å². The fraction of sp³-hybridized carbons (Fsp3) is 0.550. The molecule has 32 heavy (non-hydrogen) atoms. The minimum Gasteiger partial charge on any atom is -0.452 e. The maximum atomic E-state index is 12.4. The molecule has 2 amide bonds. The first-order chi connectivity index (χ1) is 15.4. The van der Waals surface area contributed by atoms with Crippen LogP contribution in [0, 0.1) is 10.1 Å². The van der Waals surface area contributed by atoms with E-state index in [1.807, 2.05) is 4.90 Å². The number of hydrogen-bond donors (Lipinski definition) is 0. The Hall–Kier alpha value is -3.41. The van der Waals surface area contributed by atoms with Gasteiger partial charge in [-0.05, 0) is 19.1 Å². The minimum atomic E-state index is -0.819. The number of hydrogen-bond acceptors (Lipinski definition) is 9. The van der Waals surface area contributed by atoms with Gasteiger partial charge in [-0.25, -0.2) is 9.59 Å². The summed E-state index contributed by atoms with van der Waals surface area (Å²) in [6, 6.07) is 4.12. The molecule has 1 aromatic rings. The smallest absolute Gasteiger partial charge is 0.409 e. The lowest BCUT2D eigenvalue weighted by atomic mass is 10.1. The number of nitro benzene ring substituents is 1. The number of carbonyl (C=O) groups excluding carboxylic acids is 3. The van der Waals surface area contributed by atoms with E-state index in [-0.39, 0.29) is 17.9 Å². The van der Waals surface area contributed by atoms with Crippen LogP contribution < -0.4 is 4.90 Å². The molecular formula is C20H26N4O8. The van der Waals surface area contributed by atoms with Crippen LogP contribution in [0.4, 0.5) is 16.2 Å². The second-order valence-corrected chi connectivity index (χ2v) is 7.20. The van der Waals surface area contributed by atoms with Crippen LogP contribution in [0.2, 0.25) is 0 Å². The highest BCUT2D eigenvalue weighted by atomic mass is 16.6. The van der Waals surface area contributed by atoms with Crippen LogP contribution in [0.1, 0.15) is 17.3 Å². The number of anilines is 1. The fourth-order valence-electron chi connectivity index (χ4n) is 3.52. The molecule has 0 N–H and O–H groups in total. The van der Waals surface area contributed by atoms with Crippen molar-refractivity contribution in [3.05, 3.63) is 33.9 Å². The van der Waals surface area contributed by atoms with Gasteiger partial charge in [0.25, 0.3) is 11.6 Å². The molecular weight excluding hydrogens is 424 g/mol. The summed E-state index contributed by atoms with van der Waals surface area (Å²) in [7, 11) is 0. The number of esters is 1. The van der Waals surface area contributed by atoms with E-state index in [2.05, 4.69) is 0 Å². The van der Waals surface area contributed by atoms with Crippen LogP contribution in [-0.4, -0.2) is 98.4 Å². The summed E-state index contributed by atoms with van der Waals surface area (Å²) in [5.74, 6) is -1.22. The summed E-state index contributed by atoms with van der Waals surface area (Å²) in [5.41, 5.74) is 0.196. The van der Waals surface area contributed by atoms with Gasteiger partial charge in [0.15, 0.2) is 6.61 Å². The largest absolute Gasteiger partial charge is 0.452 e. The van der Waals surface area contributed by atoms with E-state index in [1.54, 1.807) is 6.92 Å². The number of ether oxygens (including phenoxy) is 3. The SMILES string of the molecule is CCOC(=O)N1CCN(C(=O)COC(=O)c2ccc(N3CCOCC3)c([N+](=O)[O-])c2)CC1. The van der Waals surface area contributed by atoms with Crippen molar-refractivity contribution in [1.29, 1.82) is 0 Å². The van der Waals surface area contributed by atoms with Crippen molar-refractivity contribution in [2.75, 3.05) is 70.6 Å². The highest BCUT2D eigenvalue weighted by Gasteiger charge is 2.27. The quantitative estimate of drug-likeness (QED) is 0.352. The van der Waals surface area contributed by atoms with E-state index in [9.17, 15) is 24.5 Å². The lowest BCUT2D eigenvalue weighted by molar-refractivity contribution is -0.384. The molecule has 0 saturated carbocycles. The zero-order valence-corrected chi connectivity index (χ0v) is 17.9. The van der Waals surface area contributed by atoms with Crippen molar-refractivity contribution in [3.8, 4) is 0 Å². The molecule has 12 heteroatoms. The second-order valence-electron chi connectivity index (χ2n) is 7.20. The van der Waals surface area contributed by atoms with Gasteiger partial charge in [0, 0.05) is 45.3 Å². The van der Waals surface area contributed by atoms with E-state index >= 15 is 0 Å². The maximum Gasteiger partial charge on any atom is 0.409 e. The van der Waals surface area contributed by atoms with Crippen molar-refractivity contribution in [3.63, 3.8) is 0 Å². The van der Waals surface area contributed by atoms with E-state index in [1.165, 1.54) is 21.9 Å². The van der Waals surface area contributed by atoms with Crippen LogP contribution in [0.25, 0.3) is 0 Å². The summed E-state index contributed by atoms with van der Waals surface area (Å²) < 4.78 is 15.3. The topological polar surface area (TPSA) is 132 Å². The molecule has 2 heterocycles. The molecule has 12 nitrogen and oxygen atoms in total. The van der Waals surface area contributed by atoms with Gasteiger partial charge in [-0.2, -0.15) is 0 Å². The van der Waals surface area contributed by atoms with Crippen LogP contribution in [0.3, 0.4) is 0 Å². The molecule has 0 radical (unpaired) electrons. The zero-order valence-electron chi connectivity index (χ0n) is 17.9. The van der Waals surface area contributed by atoms with Gasteiger partial charge < -0.3 is 28.9 Å². The zero-order chi connectivity index (χ0) is 23.1. The third kappa shape index (κ3) is 5.63. The number of nitrogens with zero attached hydrogens (tertiary/aromatic N) is 4. The summed E-state index contributed by atoms with van der Waals surface area (Å²) in [6.45, 7) is 4.73. The lowest BCUT2D eigenvalue weighted by Gasteiger charge is -2.33. The Kier molecular flexibility index (Phi) is 7.82. The summed E-state index contributed by atoms with van der Waals surface area (Å²) >= 11 is 0. The maximum absolute atomic E-state index is 12.4. The van der Waals surface area contributed by atoms with Gasteiger partial charge in [-0.15, -0.1) is 0 Å². The van der Waals surface area contributed by atoms with Gasteiger partial charge in [0.1, 0.15) is 5.69 Å². The number of morpholine rings is 1. The number of rotatable bonds is 6. The van der Waals surface area contributed by atoms with Gasteiger partial charge in [0.05, 0.1) is 30.3 Å². The lowest BCUT2D eigenvalue weighted by Crippen LogP contribution is -2.51. The number of carbonyl (C=O) groups is 3. The molecule has 0 aliphatic carbocycles. The Bertz CT molecular complexity index is 863. The van der Waals surface area contributed by atoms with E-state index in [4.69, 9.17) is 14.2 Å². The van der Waals surface area contributed by atoms with Crippen LogP contribution >= 0.6 is 0 Å². The van der Waals surface area contributed by atoms with Crippen molar-refractivity contribution < 1.29 is 33.5 Å². The summed E-state index contributed by atoms with van der Waals surface area (Å²) in [4.78, 5) is 52.3. The predicted molar refractivity (Wildman–Crippen MR) is 112 cm³/mol. The number of benzene rings is 1. The highest BCUT2D eigenvalue weighted by Crippen LogP contribution is 2.30. The van der Waals surface area contributed by atoms with E-state index < -0.39 is 29.5 Å². The first-order valence-corrected chi connectivity index (χ1v) is 10.4. The molecule has 2 saturated heterocycles. The average molecular weight is 450 g/mol. The number of piperazine rings is 1. The standard InChI is InChI=1S/C20H26N4O8/c1-2-31-20(27)23-7-5-22(6-8-23)18(25)14-32-19(26)15-3-4-16(17(13-15)24(28)29)21-9-11-30-12-10-21/h3-4,13H,2,5-12,14H2,1H3. The molecule has 2 aliphatic rings. The molecule has 0 bridgehead atoms. The number of nitro groups is 1. The van der Waals surface area contributed by atoms with Gasteiger partial charge in [-0.3, -0.25) is 14.9 Å². The Morgan fingerprint density at radius 3 is 2.31 bits per heavy atom. The predicted octanol–water partition coefficient (Wildman–Crippen LogP) is 0.889. The Morgan fingerprint density at radius 1 is 1.03 bits per heavy atom. The number of amides is 2. The Labute approximate surface area is 184 Å². The molecule has 2 fully saturated rings. The molecule has 0 unspecified atom stereocenters. The van der Waals surface area contributed by atoms with Crippen LogP contribution in [-0.2, 0) is 19.0 Å². The van der Waals surface area contributed by atoms with Gasteiger partial charge >= 0.3 is 12.1 Å². The van der Waals surface area contributed by atoms with Gasteiger partial charge in [-0.1, -0.05) is 0 Å². The minimum absolute atomic E-state index is 0.00589. The van der Waals surface area contributed by atoms with Crippen LogP contribution in [0.15, 0.2) is 18.2 Å². The molecule has 1 aromatic carbocycles. The third-order valence-electron chi connectivity index (χ3n) is 5.24. The van der Waals surface area contributed by atoms with Crippen molar-refractivity contribution in [2.24, 2.45) is 0 Å². The molecule has 3 rings (SSSR count). The monoisotopic (exact) mass is 450 g/mol. The van der Waals surface area contributed by atoms with Crippen molar-refractivity contribution in [1.82, 2.24) is 9.80 Å². The first-order valence-electron chi connectivity index (χ1n) is 10.4. The third-order valence-corrected chi connectivity index (χ3v) is 5.24. The van der Waals surface area contributed by atoms with Crippen molar-refractivity contribution >= 4 is 29.3 Å². The highest BCUT2D eigenvalue weighted by molar-refractivity contribution is 5.93. The van der Waals surface area contributed by atoms with Crippen LogP contribution in [0.5, 0.6) is 0 Å². The first kappa shape index (κ1) is 23.3. The molecule has 0 aromatic heterocycles. The molecule has 2 aliphatic heterocycles. The normalized spacial score (nSPS) is 16.5. The average Bonchev–Trinajstić information content (AvgIpc) is 2.82. The molecule has 174 valence electrons. The van der Waals surface area contributed by atoms with E-state index in [0.717, 1.165) is 6.07 Å². The van der Waals surface area contributed by atoms with Crippen molar-refractivity contribution in [2.45, 2.75) is 6.92 Å². The second kappa shape index (κ2) is 10.8. The molecule has 0 spiro atoms. The Morgan fingerprint density at radius 2 is 1.69 bits per heavy atom. The van der Waals surface area contributed by atoms with E-state index in [0.29, 0.717) is 58.2 Å². The summed E-state index contributed by atoms with van der Waals surface area (Å²) in [6.07, 6.45) is -0.423.